The number of hydrogen-bond acceptors (Lipinski definition) is 6. The molecule has 0 saturated carbocycles. The van der Waals surface area contributed by atoms with E-state index in [9.17, 15) is 22.8 Å². The second-order valence-corrected chi connectivity index (χ2v) is 8.11. The molecule has 0 amide bonds. The molecule has 0 N–H and O–H groups in total. The van der Waals surface area contributed by atoms with Gasteiger partial charge in [0.1, 0.15) is 23.7 Å². The standard InChI is InChI=1S/C27H21F3O6/c1-16-10-17(2)12-20(11-16)35-25-24(32)21-9-8-19(13-22(21)36-26(25)27(28,29)30)33-15-23(31)34-14-18-6-4-3-5-7-18/h3-13H,14-15H2,1-2H3. The van der Waals surface area contributed by atoms with E-state index in [1.807, 2.05) is 12.1 Å². The summed E-state index contributed by atoms with van der Waals surface area (Å²) in [6.07, 6.45) is -5.00. The molecular formula is C27H21F3O6. The Morgan fingerprint density at radius 2 is 1.61 bits per heavy atom. The molecule has 1 aromatic heterocycles. The normalized spacial score (nSPS) is 11.4. The second-order valence-electron chi connectivity index (χ2n) is 8.11. The summed E-state index contributed by atoms with van der Waals surface area (Å²) in [4.78, 5) is 24.9. The number of carbonyl (C=O) groups excluding carboxylic acids is 1. The highest BCUT2D eigenvalue weighted by Crippen LogP contribution is 2.39. The maximum Gasteiger partial charge on any atom is 0.453 e. The molecule has 0 saturated heterocycles. The summed E-state index contributed by atoms with van der Waals surface area (Å²) in [6.45, 7) is 3.08. The van der Waals surface area contributed by atoms with E-state index in [0.717, 1.165) is 22.8 Å². The lowest BCUT2D eigenvalue weighted by atomic mass is 10.1. The van der Waals surface area contributed by atoms with Crippen molar-refractivity contribution in [3.8, 4) is 17.2 Å². The lowest BCUT2D eigenvalue weighted by Gasteiger charge is -2.14. The van der Waals surface area contributed by atoms with E-state index in [0.29, 0.717) is 0 Å². The minimum atomic E-state index is -5.00. The maximum absolute atomic E-state index is 13.8. The lowest BCUT2D eigenvalue weighted by molar-refractivity contribution is -0.154. The van der Waals surface area contributed by atoms with Crippen molar-refractivity contribution < 1.29 is 36.6 Å². The quantitative estimate of drug-likeness (QED) is 0.277. The molecule has 0 unspecified atom stereocenters. The van der Waals surface area contributed by atoms with Gasteiger partial charge in [-0.25, -0.2) is 4.79 Å². The summed E-state index contributed by atoms with van der Waals surface area (Å²) in [5.74, 6) is -3.10. The molecule has 9 heteroatoms. The first kappa shape index (κ1) is 24.8. The molecule has 36 heavy (non-hydrogen) atoms. The van der Waals surface area contributed by atoms with Gasteiger partial charge < -0.3 is 18.6 Å². The zero-order valence-electron chi connectivity index (χ0n) is 19.3. The Bertz CT molecular complexity index is 1440. The van der Waals surface area contributed by atoms with Crippen molar-refractivity contribution in [1.82, 2.24) is 0 Å². The van der Waals surface area contributed by atoms with Crippen molar-refractivity contribution in [3.63, 3.8) is 0 Å². The van der Waals surface area contributed by atoms with Crippen molar-refractivity contribution in [2.24, 2.45) is 0 Å². The molecule has 6 nitrogen and oxygen atoms in total. The largest absolute Gasteiger partial charge is 0.482 e. The summed E-state index contributed by atoms with van der Waals surface area (Å²) in [5, 5.41) is -0.138. The predicted molar refractivity (Wildman–Crippen MR) is 125 cm³/mol. The molecule has 0 aliphatic carbocycles. The number of ether oxygens (including phenoxy) is 3. The Labute approximate surface area is 203 Å². The molecule has 0 bridgehead atoms. The zero-order chi connectivity index (χ0) is 25.9. The van der Waals surface area contributed by atoms with E-state index in [4.69, 9.17) is 18.6 Å². The van der Waals surface area contributed by atoms with E-state index in [1.54, 1.807) is 38.1 Å². The van der Waals surface area contributed by atoms with Gasteiger partial charge in [0.05, 0.1) is 5.39 Å². The van der Waals surface area contributed by atoms with Crippen molar-refractivity contribution in [2.45, 2.75) is 26.6 Å². The van der Waals surface area contributed by atoms with Crippen LogP contribution in [0.4, 0.5) is 13.2 Å². The molecule has 0 radical (unpaired) electrons. The van der Waals surface area contributed by atoms with Gasteiger partial charge in [-0.15, -0.1) is 0 Å². The Morgan fingerprint density at radius 3 is 2.28 bits per heavy atom. The van der Waals surface area contributed by atoms with Crippen LogP contribution in [0.3, 0.4) is 0 Å². The van der Waals surface area contributed by atoms with Crippen molar-refractivity contribution in [2.75, 3.05) is 6.61 Å². The van der Waals surface area contributed by atoms with E-state index in [-0.39, 0.29) is 29.1 Å². The van der Waals surface area contributed by atoms with Crippen molar-refractivity contribution in [3.05, 3.63) is 99.4 Å². The van der Waals surface area contributed by atoms with Gasteiger partial charge in [0.15, 0.2) is 6.61 Å². The highest BCUT2D eigenvalue weighted by molar-refractivity contribution is 5.80. The number of alkyl halides is 3. The number of esters is 1. The average Bonchev–Trinajstić information content (AvgIpc) is 2.82. The molecule has 0 atom stereocenters. The van der Waals surface area contributed by atoms with Gasteiger partial charge in [0.25, 0.3) is 5.76 Å². The van der Waals surface area contributed by atoms with Crippen LogP contribution >= 0.6 is 0 Å². The summed E-state index contributed by atoms with van der Waals surface area (Å²) in [6, 6.07) is 17.6. The number of benzene rings is 3. The maximum atomic E-state index is 13.8. The first-order valence-corrected chi connectivity index (χ1v) is 10.9. The van der Waals surface area contributed by atoms with Crippen molar-refractivity contribution in [1.29, 1.82) is 0 Å². The van der Waals surface area contributed by atoms with Gasteiger partial charge in [-0.1, -0.05) is 36.4 Å². The zero-order valence-corrected chi connectivity index (χ0v) is 19.3. The number of hydrogen-bond donors (Lipinski definition) is 0. The average molecular weight is 498 g/mol. The van der Waals surface area contributed by atoms with Gasteiger partial charge in [0, 0.05) is 6.07 Å². The SMILES string of the molecule is Cc1cc(C)cc(Oc2c(C(F)(F)F)oc3cc(OCC(=O)OCc4ccccc4)ccc3c2=O)c1. The first-order chi connectivity index (χ1) is 17.1. The van der Waals surface area contributed by atoms with Crippen LogP contribution in [0.1, 0.15) is 22.5 Å². The van der Waals surface area contributed by atoms with Crippen LogP contribution in [0.5, 0.6) is 17.2 Å². The molecule has 0 fully saturated rings. The minimum absolute atomic E-state index is 0.0263. The molecule has 0 spiro atoms. The third kappa shape index (κ3) is 5.86. The van der Waals surface area contributed by atoms with Gasteiger partial charge >= 0.3 is 12.1 Å². The third-order valence-corrected chi connectivity index (χ3v) is 5.09. The van der Waals surface area contributed by atoms with E-state index in [2.05, 4.69) is 0 Å². The summed E-state index contributed by atoms with van der Waals surface area (Å²) < 4.78 is 62.3. The molecule has 0 aliphatic rings. The number of aryl methyl sites for hydroxylation is 2. The van der Waals surface area contributed by atoms with Crippen LogP contribution in [-0.4, -0.2) is 12.6 Å². The van der Waals surface area contributed by atoms with Gasteiger partial charge in [0.2, 0.25) is 11.2 Å². The smallest absolute Gasteiger partial charge is 0.453 e. The summed E-state index contributed by atoms with van der Waals surface area (Å²) >= 11 is 0. The van der Waals surface area contributed by atoms with Crippen LogP contribution in [0, 0.1) is 13.8 Å². The van der Waals surface area contributed by atoms with Gasteiger partial charge in [-0.3, -0.25) is 4.79 Å². The van der Waals surface area contributed by atoms with E-state index < -0.39 is 35.7 Å². The monoisotopic (exact) mass is 498 g/mol. The lowest BCUT2D eigenvalue weighted by Crippen LogP contribution is -2.16. The van der Waals surface area contributed by atoms with Crippen LogP contribution in [0.15, 0.2) is 75.9 Å². The Morgan fingerprint density at radius 1 is 0.917 bits per heavy atom. The first-order valence-electron chi connectivity index (χ1n) is 10.9. The van der Waals surface area contributed by atoms with Crippen LogP contribution in [0.2, 0.25) is 0 Å². The molecule has 3 aromatic carbocycles. The fourth-order valence-electron chi connectivity index (χ4n) is 3.56. The predicted octanol–water partition coefficient (Wildman–Crippen LogP) is 6.34. The summed E-state index contributed by atoms with van der Waals surface area (Å²) in [5.41, 5.74) is 0.948. The fourth-order valence-corrected chi connectivity index (χ4v) is 3.56. The minimum Gasteiger partial charge on any atom is -0.482 e. The Balaban J connectivity index is 1.58. The number of halogens is 3. The highest BCUT2D eigenvalue weighted by Gasteiger charge is 2.40. The third-order valence-electron chi connectivity index (χ3n) is 5.09. The number of rotatable bonds is 7. The second kappa shape index (κ2) is 10.2. The fraction of sp³-hybridized carbons (Fsp3) is 0.185. The van der Waals surface area contributed by atoms with Crippen molar-refractivity contribution >= 4 is 16.9 Å². The molecule has 186 valence electrons. The van der Waals surface area contributed by atoms with Gasteiger partial charge in [-0.2, -0.15) is 13.2 Å². The number of carbonyl (C=O) groups is 1. The molecular weight excluding hydrogens is 477 g/mol. The number of fused-ring (bicyclic) bond motifs is 1. The van der Waals surface area contributed by atoms with Gasteiger partial charge in [-0.05, 0) is 54.8 Å². The molecule has 0 aliphatic heterocycles. The van der Waals surface area contributed by atoms with E-state index in [1.165, 1.54) is 24.3 Å². The molecule has 1 heterocycles. The Hall–Kier alpha value is -4.27. The topological polar surface area (TPSA) is 75.0 Å². The van der Waals surface area contributed by atoms with E-state index >= 15 is 0 Å². The highest BCUT2D eigenvalue weighted by atomic mass is 19.4. The Kier molecular flexibility index (Phi) is 7.00. The van der Waals surface area contributed by atoms with Crippen LogP contribution in [-0.2, 0) is 22.3 Å². The van der Waals surface area contributed by atoms with Crippen LogP contribution in [0.25, 0.3) is 11.0 Å². The summed E-state index contributed by atoms with van der Waals surface area (Å²) in [7, 11) is 0. The van der Waals surface area contributed by atoms with Crippen LogP contribution < -0.4 is 14.9 Å². The molecule has 4 aromatic rings. The molecule has 4 rings (SSSR count).